The van der Waals surface area contributed by atoms with Crippen molar-refractivity contribution >= 4 is 66.4 Å². The smallest absolute Gasteiger partial charge is 0.135 e. The van der Waals surface area contributed by atoms with Crippen molar-refractivity contribution in [2.24, 2.45) is 0 Å². The molecule has 1 aliphatic heterocycles. The Bertz CT molecular complexity index is 3550. The summed E-state index contributed by atoms with van der Waals surface area (Å²) in [6.45, 7) is 2.14. The van der Waals surface area contributed by atoms with E-state index in [1.165, 1.54) is 52.2 Å². The molecule has 67 heavy (non-hydrogen) atoms. The molecule has 0 N–H and O–H groups in total. The van der Waals surface area contributed by atoms with Crippen LogP contribution in [0.2, 0.25) is 0 Å². The van der Waals surface area contributed by atoms with E-state index in [2.05, 4.69) is 214 Å². The molecule has 1 saturated carbocycles. The second-order valence-corrected chi connectivity index (χ2v) is 17.6. The minimum Gasteiger partial charge on any atom is -0.509 e. The third kappa shape index (κ3) is 6.85. The first-order valence-corrected chi connectivity index (χ1v) is 23.0. The van der Waals surface area contributed by atoms with Gasteiger partial charge in [0.1, 0.15) is 5.82 Å². The van der Waals surface area contributed by atoms with Gasteiger partial charge in [0, 0.05) is 83.2 Å². The molecule has 0 spiro atoms. The van der Waals surface area contributed by atoms with Crippen molar-refractivity contribution in [1.29, 1.82) is 0 Å². The van der Waals surface area contributed by atoms with E-state index in [-0.39, 0.29) is 26.5 Å². The van der Waals surface area contributed by atoms with Gasteiger partial charge in [-0.15, -0.1) is 48.1 Å². The number of para-hydroxylation sites is 5. The van der Waals surface area contributed by atoms with Gasteiger partial charge in [0.05, 0.1) is 11.0 Å². The third-order valence-electron chi connectivity index (χ3n) is 13.9. The van der Waals surface area contributed by atoms with Gasteiger partial charge in [0.2, 0.25) is 0 Å². The Labute approximate surface area is 404 Å². The van der Waals surface area contributed by atoms with Crippen molar-refractivity contribution in [3.05, 3.63) is 230 Å². The van der Waals surface area contributed by atoms with Crippen molar-refractivity contribution in [2.75, 3.05) is 9.80 Å². The topological polar surface area (TPSA) is 38.5 Å². The number of benzene rings is 8. The number of ether oxygens (including phenoxy) is 1. The van der Waals surface area contributed by atoms with Gasteiger partial charge in [-0.3, -0.25) is 0 Å². The molecule has 6 nitrogen and oxygen atoms in total. The number of pyridine rings is 1. The summed E-state index contributed by atoms with van der Waals surface area (Å²) in [5.74, 6) is 2.10. The van der Waals surface area contributed by atoms with Crippen LogP contribution in [0, 0.1) is 18.8 Å². The molecule has 0 radical (unpaired) electrons. The Morgan fingerprint density at radius 1 is 0.478 bits per heavy atom. The van der Waals surface area contributed by atoms with Crippen LogP contribution in [0.1, 0.15) is 43.2 Å². The average Bonchev–Trinajstić information content (AvgIpc) is 4.05. The zero-order valence-electron chi connectivity index (χ0n) is 36.6. The predicted octanol–water partition coefficient (Wildman–Crippen LogP) is 15.3. The zero-order valence-corrected chi connectivity index (χ0v) is 38.9. The summed E-state index contributed by atoms with van der Waals surface area (Å²) in [7, 11) is 0. The van der Waals surface area contributed by atoms with Crippen LogP contribution in [0.5, 0.6) is 11.5 Å². The number of hydrogen-bond acceptors (Lipinski definition) is 4. The van der Waals surface area contributed by atoms with Crippen LogP contribution in [-0.4, -0.2) is 14.1 Å². The molecule has 1 aliphatic carbocycles. The number of hydrogen-bond donors (Lipinski definition) is 0. The molecular formula is C60H44N5OPt-3. The van der Waals surface area contributed by atoms with Crippen molar-refractivity contribution in [3.8, 4) is 23.0 Å². The van der Waals surface area contributed by atoms with Gasteiger partial charge in [0.25, 0.3) is 0 Å². The first-order chi connectivity index (χ1) is 32.7. The van der Waals surface area contributed by atoms with Crippen LogP contribution in [0.15, 0.2) is 200 Å². The predicted molar refractivity (Wildman–Crippen MR) is 269 cm³/mol. The fourth-order valence-corrected chi connectivity index (χ4v) is 10.9. The van der Waals surface area contributed by atoms with Gasteiger partial charge in [-0.25, -0.2) is 4.98 Å². The first kappa shape index (κ1) is 41.1. The van der Waals surface area contributed by atoms with Crippen LogP contribution < -0.4 is 14.5 Å². The van der Waals surface area contributed by atoms with Gasteiger partial charge < -0.3 is 23.7 Å². The van der Waals surface area contributed by atoms with Crippen molar-refractivity contribution < 1.29 is 25.8 Å². The van der Waals surface area contributed by atoms with E-state index in [0.29, 0.717) is 11.5 Å². The Morgan fingerprint density at radius 2 is 1.07 bits per heavy atom. The molecule has 0 atom stereocenters. The SMILES string of the molecule is [Pt].[c-]1c(Oc2[c-]c3c(cc2)c2ccccc2n3-c2cc(C3(c4ccccc4)CCCCC3)ccn2)cccc1N1[CH-]N(c2ccc(-n3c4ccccc4c4ccccc43)cc2)c2ccccc21. The van der Waals surface area contributed by atoms with Gasteiger partial charge in [0.15, 0.2) is 0 Å². The standard InChI is InChI=1S/C60H44N5O.Pt/c1-3-16-42(17-4-1)60(35-13-2-14-36-60)43-34-37-61-59(38-43)65-55-25-10-7-22-51(55)52-33-32-48(40-58(52)65)66-47-19-15-18-46(39-47)63-41-62(56-26-11-12-27-57(56)63)44-28-30-45(31-29-44)64-53-23-8-5-20-49(53)50-21-6-9-24-54(50)64;/h1,3-12,15-34,37-38,41H,2,13-14,35-36H2;/q-3;. The van der Waals surface area contributed by atoms with E-state index in [4.69, 9.17) is 9.72 Å². The maximum atomic E-state index is 6.67. The minimum absolute atomic E-state index is 0. The van der Waals surface area contributed by atoms with Crippen LogP contribution in [0.3, 0.4) is 0 Å². The molecule has 328 valence electrons. The van der Waals surface area contributed by atoms with Gasteiger partial charge in [-0.1, -0.05) is 122 Å². The molecule has 8 aromatic carbocycles. The first-order valence-electron chi connectivity index (χ1n) is 23.0. The maximum Gasteiger partial charge on any atom is 0.135 e. The normalized spacial score (nSPS) is 14.4. The Kier molecular flexibility index (Phi) is 10.3. The molecule has 0 amide bonds. The molecule has 7 heteroatoms. The molecule has 0 unspecified atom stereocenters. The molecule has 0 bridgehead atoms. The molecular weight excluding hydrogens is 1000 g/mol. The summed E-state index contributed by atoms with van der Waals surface area (Å²) in [5.41, 5.74) is 12.3. The number of rotatable bonds is 8. The van der Waals surface area contributed by atoms with Crippen LogP contribution >= 0.6 is 0 Å². The fourth-order valence-electron chi connectivity index (χ4n) is 10.9. The van der Waals surface area contributed by atoms with Crippen LogP contribution in [0.4, 0.5) is 22.7 Å². The van der Waals surface area contributed by atoms with E-state index >= 15 is 0 Å². The van der Waals surface area contributed by atoms with E-state index in [1.807, 2.05) is 24.4 Å². The number of aromatic nitrogens is 3. The van der Waals surface area contributed by atoms with Gasteiger partial charge >= 0.3 is 0 Å². The zero-order chi connectivity index (χ0) is 43.6. The van der Waals surface area contributed by atoms with Gasteiger partial charge in [-0.05, 0) is 96.1 Å². The van der Waals surface area contributed by atoms with Crippen molar-refractivity contribution in [3.63, 3.8) is 0 Å². The third-order valence-corrected chi connectivity index (χ3v) is 13.9. The average molecular weight is 1050 g/mol. The van der Waals surface area contributed by atoms with Gasteiger partial charge in [-0.2, -0.15) is 12.1 Å². The summed E-state index contributed by atoms with van der Waals surface area (Å²) in [6.07, 6.45) is 7.96. The van der Waals surface area contributed by atoms with E-state index in [1.54, 1.807) is 0 Å². The molecule has 13 rings (SSSR count). The van der Waals surface area contributed by atoms with E-state index < -0.39 is 0 Å². The molecule has 3 aromatic heterocycles. The molecule has 0 saturated heterocycles. The summed E-state index contributed by atoms with van der Waals surface area (Å²) in [5, 5.41) is 4.76. The summed E-state index contributed by atoms with van der Waals surface area (Å²) >= 11 is 0. The number of fused-ring (bicyclic) bond motifs is 7. The second-order valence-electron chi connectivity index (χ2n) is 17.6. The van der Waals surface area contributed by atoms with Crippen LogP contribution in [-0.2, 0) is 26.5 Å². The number of nitrogens with zero attached hydrogens (tertiary/aromatic N) is 5. The van der Waals surface area contributed by atoms with Crippen LogP contribution in [0.25, 0.3) is 55.1 Å². The van der Waals surface area contributed by atoms with E-state index in [0.717, 1.165) is 68.9 Å². The maximum absolute atomic E-state index is 6.67. The second kappa shape index (κ2) is 16.8. The fraction of sp³-hybridized carbons (Fsp3) is 0.100. The largest absolute Gasteiger partial charge is 0.509 e. The monoisotopic (exact) mass is 1050 g/mol. The molecule has 2 aliphatic rings. The molecule has 11 aromatic rings. The summed E-state index contributed by atoms with van der Waals surface area (Å²) in [4.78, 5) is 9.46. The molecule has 4 heterocycles. The Hall–Kier alpha value is -7.40. The number of anilines is 4. The summed E-state index contributed by atoms with van der Waals surface area (Å²) < 4.78 is 11.3. The van der Waals surface area contributed by atoms with Crippen molar-refractivity contribution in [2.45, 2.75) is 37.5 Å². The molecule has 1 fully saturated rings. The Balaban J connectivity index is 0.00000468. The summed E-state index contributed by atoms with van der Waals surface area (Å²) in [6, 6.07) is 76.3. The Morgan fingerprint density at radius 3 is 1.79 bits per heavy atom. The minimum atomic E-state index is -0.0435. The van der Waals surface area contributed by atoms with E-state index in [9.17, 15) is 0 Å². The quantitative estimate of drug-likeness (QED) is 0.142. The van der Waals surface area contributed by atoms with Crippen molar-refractivity contribution in [1.82, 2.24) is 14.1 Å².